The van der Waals surface area contributed by atoms with Crippen LogP contribution in [0.15, 0.2) is 12.2 Å². The number of hydrogen-bond acceptors (Lipinski definition) is 5. The van der Waals surface area contributed by atoms with Crippen LogP contribution in [0.3, 0.4) is 0 Å². The molecule has 7 atom stereocenters. The second-order valence-electron chi connectivity index (χ2n) is 8.60. The van der Waals surface area contributed by atoms with Crippen molar-refractivity contribution in [2.24, 2.45) is 23.5 Å². The van der Waals surface area contributed by atoms with Gasteiger partial charge in [0.25, 0.3) is 0 Å². The molecule has 0 amide bonds. The lowest BCUT2D eigenvalue weighted by molar-refractivity contribution is -0.0548. The molecule has 3 aliphatic carbocycles. The van der Waals surface area contributed by atoms with Crippen LogP contribution in [0, 0.1) is 17.8 Å². The molecule has 2 saturated carbocycles. The van der Waals surface area contributed by atoms with E-state index < -0.39 is 6.10 Å². The molecule has 150 valence electrons. The molecule has 3 rings (SSSR count). The maximum Gasteiger partial charge on any atom is 0.0789 e. The summed E-state index contributed by atoms with van der Waals surface area (Å²) in [5.74, 6) is 2.06. The third-order valence-electron chi connectivity index (χ3n) is 7.03. The van der Waals surface area contributed by atoms with Crippen LogP contribution < -0.4 is 5.73 Å². The normalized spacial score (nSPS) is 38.5. The predicted octanol–water partition coefficient (Wildman–Crippen LogP) is 2.18. The summed E-state index contributed by atoms with van der Waals surface area (Å²) in [5, 5.41) is 10.2. The van der Waals surface area contributed by atoms with Gasteiger partial charge in [0.15, 0.2) is 0 Å². The number of allylic oxidation sites excluding steroid dienone is 2. The van der Waals surface area contributed by atoms with E-state index >= 15 is 0 Å². The molecule has 0 bridgehead atoms. The second kappa shape index (κ2) is 9.65. The standard InChI is InChI=1S/C21H38N2O3/c1-25-20-8-7-17(21(11-20)26-2)13-23(14-19(24)12-22)18-9-15-5-3-4-6-16(15)10-18/h3,5,15-21,24H,4,6-14,22H2,1-2H3/t15?,16?,17?,18?,19-,20?,21?/m0/s1. The number of nitrogens with two attached hydrogens (primary N) is 1. The zero-order chi connectivity index (χ0) is 18.5. The highest BCUT2D eigenvalue weighted by Crippen LogP contribution is 2.41. The molecule has 5 nitrogen and oxygen atoms in total. The van der Waals surface area contributed by atoms with Crippen LogP contribution in [-0.2, 0) is 9.47 Å². The summed E-state index contributed by atoms with van der Waals surface area (Å²) in [6.45, 7) is 2.02. The number of ether oxygens (including phenoxy) is 2. The zero-order valence-corrected chi connectivity index (χ0v) is 16.6. The lowest BCUT2D eigenvalue weighted by Gasteiger charge is -2.40. The average molecular weight is 367 g/mol. The van der Waals surface area contributed by atoms with Gasteiger partial charge in [0.1, 0.15) is 0 Å². The van der Waals surface area contributed by atoms with E-state index in [1.54, 1.807) is 7.11 Å². The van der Waals surface area contributed by atoms with Gasteiger partial charge in [-0.3, -0.25) is 4.90 Å². The highest BCUT2D eigenvalue weighted by atomic mass is 16.5. The molecule has 26 heavy (non-hydrogen) atoms. The Morgan fingerprint density at radius 2 is 2.00 bits per heavy atom. The van der Waals surface area contributed by atoms with Gasteiger partial charge in [-0.1, -0.05) is 12.2 Å². The first-order valence-corrected chi connectivity index (χ1v) is 10.5. The third kappa shape index (κ3) is 4.87. The van der Waals surface area contributed by atoms with Gasteiger partial charge in [-0.2, -0.15) is 0 Å². The Bertz CT molecular complexity index is 459. The van der Waals surface area contributed by atoms with Crippen LogP contribution in [0.2, 0.25) is 0 Å². The second-order valence-corrected chi connectivity index (χ2v) is 8.60. The Kier molecular flexibility index (Phi) is 7.53. The van der Waals surface area contributed by atoms with Gasteiger partial charge in [0.05, 0.1) is 18.3 Å². The number of aliphatic hydroxyl groups is 1. The minimum absolute atomic E-state index is 0.245. The van der Waals surface area contributed by atoms with Crippen LogP contribution in [0.1, 0.15) is 44.9 Å². The smallest absolute Gasteiger partial charge is 0.0789 e. The quantitative estimate of drug-likeness (QED) is 0.645. The Labute approximate surface area is 158 Å². The van der Waals surface area contributed by atoms with Gasteiger partial charge >= 0.3 is 0 Å². The number of aliphatic hydroxyl groups excluding tert-OH is 1. The van der Waals surface area contributed by atoms with Crippen LogP contribution in [0.4, 0.5) is 0 Å². The fourth-order valence-corrected chi connectivity index (χ4v) is 5.46. The maximum absolute atomic E-state index is 10.2. The number of methoxy groups -OCH3 is 2. The minimum atomic E-state index is -0.440. The zero-order valence-electron chi connectivity index (χ0n) is 16.6. The number of fused-ring (bicyclic) bond motifs is 1. The molecule has 0 heterocycles. The Hall–Kier alpha value is -0.460. The lowest BCUT2D eigenvalue weighted by Crippen LogP contribution is -2.48. The average Bonchev–Trinajstić information content (AvgIpc) is 3.11. The summed E-state index contributed by atoms with van der Waals surface area (Å²) in [6.07, 6.45) is 13.2. The minimum Gasteiger partial charge on any atom is -0.390 e. The molecule has 0 aromatic carbocycles. The first-order valence-electron chi connectivity index (χ1n) is 10.5. The first kappa shape index (κ1) is 20.3. The molecule has 0 radical (unpaired) electrons. The van der Waals surface area contributed by atoms with E-state index in [0.717, 1.165) is 37.6 Å². The molecule has 0 saturated heterocycles. The van der Waals surface area contributed by atoms with Crippen molar-refractivity contribution in [3.8, 4) is 0 Å². The van der Waals surface area contributed by atoms with Gasteiger partial charge in [-0.05, 0) is 56.3 Å². The summed E-state index contributed by atoms with van der Waals surface area (Å²) < 4.78 is 11.4. The fourth-order valence-electron chi connectivity index (χ4n) is 5.46. The summed E-state index contributed by atoms with van der Waals surface area (Å²) in [4.78, 5) is 2.54. The largest absolute Gasteiger partial charge is 0.390 e. The molecule has 0 spiro atoms. The van der Waals surface area contributed by atoms with Gasteiger partial charge in [0.2, 0.25) is 0 Å². The van der Waals surface area contributed by atoms with Crippen LogP contribution >= 0.6 is 0 Å². The highest BCUT2D eigenvalue weighted by Gasteiger charge is 2.39. The van der Waals surface area contributed by atoms with Crippen LogP contribution in [-0.4, -0.2) is 68.2 Å². The monoisotopic (exact) mass is 366 g/mol. The van der Waals surface area contributed by atoms with Gasteiger partial charge in [-0.25, -0.2) is 0 Å². The van der Waals surface area contributed by atoms with Gasteiger partial charge in [-0.15, -0.1) is 0 Å². The molecular weight excluding hydrogens is 328 g/mol. The summed E-state index contributed by atoms with van der Waals surface area (Å²) >= 11 is 0. The molecule has 0 aliphatic heterocycles. The highest BCUT2D eigenvalue weighted by molar-refractivity contribution is 5.04. The third-order valence-corrected chi connectivity index (χ3v) is 7.03. The topological polar surface area (TPSA) is 68.0 Å². The van der Waals surface area contributed by atoms with Crippen molar-refractivity contribution >= 4 is 0 Å². The molecule has 0 aromatic rings. The Morgan fingerprint density at radius 3 is 2.69 bits per heavy atom. The molecule has 3 N–H and O–H groups in total. The molecule has 6 unspecified atom stereocenters. The van der Waals surface area contributed by atoms with Gasteiger partial charge in [0, 0.05) is 46.3 Å². The fraction of sp³-hybridized carbons (Fsp3) is 0.905. The number of rotatable bonds is 8. The summed E-state index contributed by atoms with van der Waals surface area (Å²) in [7, 11) is 3.62. The van der Waals surface area contributed by atoms with E-state index in [-0.39, 0.29) is 6.10 Å². The summed E-state index contributed by atoms with van der Waals surface area (Å²) in [6, 6.07) is 0.562. The molecule has 2 fully saturated rings. The van der Waals surface area contributed by atoms with Crippen molar-refractivity contribution in [1.29, 1.82) is 0 Å². The van der Waals surface area contributed by atoms with Crippen molar-refractivity contribution in [1.82, 2.24) is 4.90 Å². The van der Waals surface area contributed by atoms with Crippen molar-refractivity contribution in [2.45, 2.75) is 69.3 Å². The van der Waals surface area contributed by atoms with E-state index in [4.69, 9.17) is 15.2 Å². The Balaban J connectivity index is 1.65. The van der Waals surface area contributed by atoms with E-state index in [9.17, 15) is 5.11 Å². The van der Waals surface area contributed by atoms with E-state index in [2.05, 4.69) is 17.1 Å². The van der Waals surface area contributed by atoms with Crippen LogP contribution in [0.5, 0.6) is 0 Å². The summed E-state index contributed by atoms with van der Waals surface area (Å²) in [5.41, 5.74) is 5.73. The lowest BCUT2D eigenvalue weighted by atomic mass is 9.84. The van der Waals surface area contributed by atoms with Gasteiger partial charge < -0.3 is 20.3 Å². The maximum atomic E-state index is 10.2. The molecule has 3 aliphatic rings. The first-order chi connectivity index (χ1) is 12.6. The predicted molar refractivity (Wildman–Crippen MR) is 104 cm³/mol. The number of nitrogens with zero attached hydrogens (tertiary/aromatic N) is 1. The van der Waals surface area contributed by atoms with Crippen molar-refractivity contribution < 1.29 is 14.6 Å². The molecule has 0 aromatic heterocycles. The SMILES string of the molecule is COC1CCC(CN(C[C@@H](O)CN)C2CC3C=CCCC3C2)C(OC)C1. The van der Waals surface area contributed by atoms with Crippen molar-refractivity contribution in [3.63, 3.8) is 0 Å². The van der Waals surface area contributed by atoms with Crippen LogP contribution in [0.25, 0.3) is 0 Å². The van der Waals surface area contributed by atoms with Crippen molar-refractivity contribution in [3.05, 3.63) is 12.2 Å². The van der Waals surface area contributed by atoms with Crippen molar-refractivity contribution in [2.75, 3.05) is 33.9 Å². The number of hydrogen-bond donors (Lipinski definition) is 2. The molecular formula is C21H38N2O3. The van der Waals surface area contributed by atoms with E-state index in [1.807, 2.05) is 7.11 Å². The van der Waals surface area contributed by atoms with E-state index in [0.29, 0.717) is 31.2 Å². The molecule has 5 heteroatoms. The Morgan fingerprint density at radius 1 is 1.15 bits per heavy atom. The van der Waals surface area contributed by atoms with E-state index in [1.165, 1.54) is 25.7 Å².